The van der Waals surface area contributed by atoms with Gasteiger partial charge in [-0.15, -0.1) is 0 Å². The molecule has 0 radical (unpaired) electrons. The van der Waals surface area contributed by atoms with Crippen molar-refractivity contribution in [3.05, 3.63) is 24.3 Å². The van der Waals surface area contributed by atoms with Crippen molar-refractivity contribution < 1.29 is 4.74 Å². The topological polar surface area (TPSA) is 21.6 Å². The summed E-state index contributed by atoms with van der Waals surface area (Å²) in [5.41, 5.74) is 0. The molecule has 1 atom stereocenters. The predicted octanol–water partition coefficient (Wildman–Crippen LogP) is 3.53. The lowest BCUT2D eigenvalue weighted by atomic mass is 10.2. The standard InChI is InChI=1S/C12H15NOS2/c1-9-7-13-12(15-8-9)16-11-5-3-10(14-2)4-6-11/h3-6,9H,7-8H2,1-2H3. The number of rotatable bonds is 2. The van der Waals surface area contributed by atoms with Crippen LogP contribution in [0.1, 0.15) is 6.92 Å². The Kier molecular flexibility index (Phi) is 4.18. The molecule has 0 aromatic heterocycles. The molecule has 1 aromatic carbocycles. The Balaban J connectivity index is 1.98. The van der Waals surface area contributed by atoms with E-state index in [-0.39, 0.29) is 0 Å². The second-order valence-corrected chi connectivity index (χ2v) is 6.13. The number of hydrogen-bond donors (Lipinski definition) is 0. The molecule has 0 N–H and O–H groups in total. The third-order valence-corrected chi connectivity index (χ3v) is 4.81. The van der Waals surface area contributed by atoms with Crippen LogP contribution in [0.5, 0.6) is 5.75 Å². The SMILES string of the molecule is COc1ccc(SC2=NCC(C)CS2)cc1. The Labute approximate surface area is 105 Å². The molecule has 4 heteroatoms. The van der Waals surface area contributed by atoms with Crippen LogP contribution in [0.2, 0.25) is 0 Å². The van der Waals surface area contributed by atoms with E-state index in [2.05, 4.69) is 24.0 Å². The Morgan fingerprint density at radius 2 is 2.12 bits per heavy atom. The van der Waals surface area contributed by atoms with E-state index in [1.807, 2.05) is 23.9 Å². The van der Waals surface area contributed by atoms with E-state index in [4.69, 9.17) is 4.74 Å². The van der Waals surface area contributed by atoms with Crippen molar-refractivity contribution in [1.29, 1.82) is 0 Å². The van der Waals surface area contributed by atoms with Crippen molar-refractivity contribution in [1.82, 2.24) is 0 Å². The lowest BCUT2D eigenvalue weighted by Crippen LogP contribution is -2.10. The maximum atomic E-state index is 5.13. The van der Waals surface area contributed by atoms with E-state index < -0.39 is 0 Å². The molecule has 0 saturated heterocycles. The summed E-state index contributed by atoms with van der Waals surface area (Å²) in [4.78, 5) is 5.78. The molecule has 1 unspecified atom stereocenters. The summed E-state index contributed by atoms with van der Waals surface area (Å²) in [5, 5.41) is 0. The van der Waals surface area contributed by atoms with Gasteiger partial charge in [0.25, 0.3) is 0 Å². The van der Waals surface area contributed by atoms with E-state index in [0.717, 1.165) is 12.3 Å². The fraction of sp³-hybridized carbons (Fsp3) is 0.417. The Morgan fingerprint density at radius 3 is 2.69 bits per heavy atom. The monoisotopic (exact) mass is 253 g/mol. The molecule has 86 valence electrons. The van der Waals surface area contributed by atoms with Gasteiger partial charge < -0.3 is 4.74 Å². The minimum absolute atomic E-state index is 0.713. The number of nitrogens with zero attached hydrogens (tertiary/aromatic N) is 1. The summed E-state index contributed by atoms with van der Waals surface area (Å²) >= 11 is 3.60. The highest BCUT2D eigenvalue weighted by Crippen LogP contribution is 2.30. The van der Waals surface area contributed by atoms with Crippen LogP contribution < -0.4 is 4.74 Å². The van der Waals surface area contributed by atoms with Crippen LogP contribution in [0.15, 0.2) is 34.2 Å². The first-order valence-corrected chi connectivity index (χ1v) is 7.07. The molecule has 1 aliphatic rings. The van der Waals surface area contributed by atoms with Gasteiger partial charge in [-0.25, -0.2) is 0 Å². The molecular weight excluding hydrogens is 238 g/mol. The summed E-state index contributed by atoms with van der Waals surface area (Å²) in [6.07, 6.45) is 0. The number of benzene rings is 1. The molecule has 2 nitrogen and oxygen atoms in total. The summed E-state index contributed by atoms with van der Waals surface area (Å²) in [6.45, 7) is 3.21. The second-order valence-electron chi connectivity index (χ2n) is 3.80. The van der Waals surface area contributed by atoms with Gasteiger partial charge in [0.1, 0.15) is 10.1 Å². The molecule has 0 aliphatic carbocycles. The van der Waals surface area contributed by atoms with Gasteiger partial charge in [0.05, 0.1) is 7.11 Å². The summed E-state index contributed by atoms with van der Waals surface area (Å²) in [5.74, 6) is 2.79. The maximum Gasteiger partial charge on any atom is 0.129 e. The van der Waals surface area contributed by atoms with Crippen molar-refractivity contribution in [2.75, 3.05) is 19.4 Å². The Hall–Kier alpha value is -0.610. The molecule has 0 bridgehead atoms. The molecule has 1 aromatic rings. The molecular formula is C12H15NOS2. The van der Waals surface area contributed by atoms with Crippen LogP contribution in [-0.4, -0.2) is 23.8 Å². The predicted molar refractivity (Wildman–Crippen MR) is 72.8 cm³/mol. The van der Waals surface area contributed by atoms with Gasteiger partial charge >= 0.3 is 0 Å². The van der Waals surface area contributed by atoms with Gasteiger partial charge in [-0.1, -0.05) is 30.4 Å². The number of ether oxygens (including phenoxy) is 1. The minimum Gasteiger partial charge on any atom is -0.497 e. The maximum absolute atomic E-state index is 5.13. The van der Waals surface area contributed by atoms with Crippen molar-refractivity contribution in [3.63, 3.8) is 0 Å². The van der Waals surface area contributed by atoms with Crippen LogP contribution in [0.25, 0.3) is 0 Å². The molecule has 1 aliphatic heterocycles. The normalized spacial score (nSPS) is 20.4. The molecule has 16 heavy (non-hydrogen) atoms. The van der Waals surface area contributed by atoms with E-state index in [0.29, 0.717) is 5.92 Å². The Bertz CT molecular complexity index is 375. The largest absolute Gasteiger partial charge is 0.497 e. The fourth-order valence-electron chi connectivity index (χ4n) is 1.35. The van der Waals surface area contributed by atoms with Crippen LogP contribution in [0.4, 0.5) is 0 Å². The minimum atomic E-state index is 0.713. The molecule has 0 saturated carbocycles. The number of hydrogen-bond acceptors (Lipinski definition) is 4. The first-order valence-electron chi connectivity index (χ1n) is 5.27. The molecule has 0 amide bonds. The Morgan fingerprint density at radius 1 is 1.38 bits per heavy atom. The highest BCUT2D eigenvalue weighted by atomic mass is 32.2. The van der Waals surface area contributed by atoms with Crippen LogP contribution in [0.3, 0.4) is 0 Å². The van der Waals surface area contributed by atoms with Crippen molar-refractivity contribution in [2.45, 2.75) is 11.8 Å². The van der Waals surface area contributed by atoms with Gasteiger partial charge in [-0.05, 0) is 30.2 Å². The highest BCUT2D eigenvalue weighted by Gasteiger charge is 2.12. The van der Waals surface area contributed by atoms with Crippen molar-refractivity contribution >= 4 is 27.9 Å². The summed E-state index contributed by atoms with van der Waals surface area (Å²) in [7, 11) is 1.69. The zero-order chi connectivity index (χ0) is 11.4. The first kappa shape index (κ1) is 11.9. The quantitative estimate of drug-likeness (QED) is 0.805. The highest BCUT2D eigenvalue weighted by molar-refractivity contribution is 8.38. The number of aliphatic imine (C=N–C) groups is 1. The van der Waals surface area contributed by atoms with Gasteiger partial charge in [-0.2, -0.15) is 0 Å². The average Bonchev–Trinajstić information content (AvgIpc) is 2.33. The van der Waals surface area contributed by atoms with Gasteiger partial charge in [-0.3, -0.25) is 4.99 Å². The number of methoxy groups -OCH3 is 1. The number of thioether (sulfide) groups is 2. The third kappa shape index (κ3) is 3.19. The second kappa shape index (κ2) is 5.64. The molecule has 0 fully saturated rings. The molecule has 2 rings (SSSR count). The van der Waals surface area contributed by atoms with Gasteiger partial charge in [0, 0.05) is 17.2 Å². The van der Waals surface area contributed by atoms with E-state index in [1.54, 1.807) is 18.9 Å². The van der Waals surface area contributed by atoms with Crippen molar-refractivity contribution in [3.8, 4) is 5.75 Å². The van der Waals surface area contributed by atoms with Crippen LogP contribution in [-0.2, 0) is 0 Å². The van der Waals surface area contributed by atoms with E-state index >= 15 is 0 Å². The third-order valence-electron chi connectivity index (χ3n) is 2.29. The lowest BCUT2D eigenvalue weighted by molar-refractivity contribution is 0.414. The zero-order valence-corrected chi connectivity index (χ0v) is 11.1. The van der Waals surface area contributed by atoms with Crippen molar-refractivity contribution in [2.24, 2.45) is 10.9 Å². The molecule has 0 spiro atoms. The zero-order valence-electron chi connectivity index (χ0n) is 9.47. The lowest BCUT2D eigenvalue weighted by Gasteiger charge is -2.16. The first-order chi connectivity index (χ1) is 7.78. The summed E-state index contributed by atoms with van der Waals surface area (Å²) in [6, 6.07) is 8.12. The van der Waals surface area contributed by atoms with Gasteiger partial charge in [0.2, 0.25) is 0 Å². The molecule has 1 heterocycles. The van der Waals surface area contributed by atoms with Crippen LogP contribution in [0, 0.1) is 5.92 Å². The smallest absolute Gasteiger partial charge is 0.129 e. The van der Waals surface area contributed by atoms with E-state index in [1.165, 1.54) is 15.0 Å². The average molecular weight is 253 g/mol. The fourth-order valence-corrected chi connectivity index (χ4v) is 3.39. The van der Waals surface area contributed by atoms with E-state index in [9.17, 15) is 0 Å². The summed E-state index contributed by atoms with van der Waals surface area (Å²) < 4.78 is 6.31. The van der Waals surface area contributed by atoms with Crippen LogP contribution >= 0.6 is 23.5 Å². The van der Waals surface area contributed by atoms with Gasteiger partial charge in [0.15, 0.2) is 0 Å².